The zero-order chi connectivity index (χ0) is 15.5. The summed E-state index contributed by atoms with van der Waals surface area (Å²) in [5.74, 6) is 0.0284. The molecule has 0 aliphatic heterocycles. The van der Waals surface area contributed by atoms with Crippen molar-refractivity contribution in [1.29, 1.82) is 0 Å². The van der Waals surface area contributed by atoms with E-state index in [0.29, 0.717) is 17.2 Å². The molecule has 0 atom stereocenters. The van der Waals surface area contributed by atoms with Crippen molar-refractivity contribution in [2.24, 2.45) is 0 Å². The normalized spacial score (nSPS) is 16.1. The lowest BCUT2D eigenvalue weighted by molar-refractivity contribution is -0.140. The van der Waals surface area contributed by atoms with Crippen molar-refractivity contribution in [3.05, 3.63) is 29.3 Å². The number of benzene rings is 1. The van der Waals surface area contributed by atoms with E-state index in [1.54, 1.807) is 12.1 Å². The molecule has 0 spiro atoms. The molecule has 2 rings (SSSR count). The summed E-state index contributed by atoms with van der Waals surface area (Å²) in [4.78, 5) is 11.8. The van der Waals surface area contributed by atoms with Gasteiger partial charge in [0.25, 0.3) is 0 Å². The fraction of sp³-hybridized carbons (Fsp3) is 0.562. The first-order valence-corrected chi connectivity index (χ1v) is 9.21. The van der Waals surface area contributed by atoms with Gasteiger partial charge in [0.05, 0.1) is 12.0 Å². The van der Waals surface area contributed by atoms with Crippen LogP contribution in [0.5, 0.6) is 0 Å². The molecule has 0 aromatic heterocycles. The Bertz CT molecular complexity index is 613. The summed E-state index contributed by atoms with van der Waals surface area (Å²) < 4.78 is 28.8. The molecule has 0 heterocycles. The molecule has 0 unspecified atom stereocenters. The van der Waals surface area contributed by atoms with E-state index in [4.69, 9.17) is 0 Å². The van der Waals surface area contributed by atoms with E-state index in [1.165, 1.54) is 13.4 Å². The zero-order valence-electron chi connectivity index (χ0n) is 12.6. The minimum Gasteiger partial charge on any atom is -0.469 e. The first-order valence-electron chi connectivity index (χ1n) is 7.32. The van der Waals surface area contributed by atoms with Crippen LogP contribution in [0.3, 0.4) is 0 Å². The summed E-state index contributed by atoms with van der Waals surface area (Å²) in [6.45, 7) is 0. The molecule has 1 aliphatic rings. The summed E-state index contributed by atoms with van der Waals surface area (Å²) in [6.07, 6.45) is 6.39. The SMILES string of the molecule is COC(=O)CCc1cccc(S(C)(=O)=O)c1C1CCCC1. The van der Waals surface area contributed by atoms with Crippen LogP contribution in [-0.2, 0) is 25.8 Å². The lowest BCUT2D eigenvalue weighted by atomic mass is 9.91. The van der Waals surface area contributed by atoms with E-state index in [1.807, 2.05) is 6.07 Å². The third-order valence-corrected chi connectivity index (χ3v) is 5.30. The molecule has 0 N–H and O–H groups in total. The molecule has 0 amide bonds. The summed E-state index contributed by atoms with van der Waals surface area (Å²) in [5, 5.41) is 0. The molecule has 1 saturated carbocycles. The van der Waals surface area contributed by atoms with Gasteiger partial charge in [-0.2, -0.15) is 0 Å². The van der Waals surface area contributed by atoms with Crippen molar-refractivity contribution in [1.82, 2.24) is 0 Å². The number of esters is 1. The van der Waals surface area contributed by atoms with Crippen molar-refractivity contribution < 1.29 is 17.9 Å². The predicted molar refractivity (Wildman–Crippen MR) is 81.1 cm³/mol. The molecule has 21 heavy (non-hydrogen) atoms. The van der Waals surface area contributed by atoms with Gasteiger partial charge in [0, 0.05) is 12.7 Å². The lowest BCUT2D eigenvalue weighted by Gasteiger charge is -2.19. The van der Waals surface area contributed by atoms with Crippen molar-refractivity contribution in [2.75, 3.05) is 13.4 Å². The Hall–Kier alpha value is -1.36. The van der Waals surface area contributed by atoms with E-state index in [2.05, 4.69) is 4.74 Å². The number of rotatable bonds is 5. The number of carbonyl (C=O) groups is 1. The zero-order valence-corrected chi connectivity index (χ0v) is 13.4. The van der Waals surface area contributed by atoms with Crippen molar-refractivity contribution in [3.63, 3.8) is 0 Å². The smallest absolute Gasteiger partial charge is 0.305 e. The molecule has 116 valence electrons. The Labute approximate surface area is 126 Å². The largest absolute Gasteiger partial charge is 0.469 e. The second-order valence-electron chi connectivity index (χ2n) is 5.66. The van der Waals surface area contributed by atoms with Gasteiger partial charge in [0.2, 0.25) is 0 Å². The van der Waals surface area contributed by atoms with Crippen LogP contribution < -0.4 is 0 Å². The Morgan fingerprint density at radius 3 is 2.52 bits per heavy atom. The van der Waals surface area contributed by atoms with Crippen LogP contribution in [-0.4, -0.2) is 27.8 Å². The highest BCUT2D eigenvalue weighted by Crippen LogP contribution is 2.39. The lowest BCUT2D eigenvalue weighted by Crippen LogP contribution is -2.10. The molecule has 1 aromatic carbocycles. The molecule has 0 saturated heterocycles. The monoisotopic (exact) mass is 310 g/mol. The van der Waals surface area contributed by atoms with Crippen LogP contribution in [0.25, 0.3) is 0 Å². The predicted octanol–water partition coefficient (Wildman–Crippen LogP) is 2.85. The number of ether oxygens (including phenoxy) is 1. The van der Waals surface area contributed by atoms with Crippen LogP contribution in [0, 0.1) is 0 Å². The molecule has 1 fully saturated rings. The molecule has 1 aromatic rings. The molecule has 5 heteroatoms. The highest BCUT2D eigenvalue weighted by molar-refractivity contribution is 7.90. The maximum absolute atomic E-state index is 12.1. The van der Waals surface area contributed by atoms with E-state index < -0.39 is 9.84 Å². The van der Waals surface area contributed by atoms with Crippen LogP contribution in [0.4, 0.5) is 0 Å². The molecule has 4 nitrogen and oxygen atoms in total. The molecular weight excluding hydrogens is 288 g/mol. The van der Waals surface area contributed by atoms with Gasteiger partial charge in [-0.3, -0.25) is 4.79 Å². The maximum atomic E-state index is 12.1. The number of sulfone groups is 1. The summed E-state index contributed by atoms with van der Waals surface area (Å²) in [6, 6.07) is 5.39. The average molecular weight is 310 g/mol. The third kappa shape index (κ3) is 3.84. The van der Waals surface area contributed by atoms with E-state index in [9.17, 15) is 13.2 Å². The number of carbonyl (C=O) groups excluding carboxylic acids is 1. The molecule has 1 aliphatic carbocycles. The fourth-order valence-electron chi connectivity index (χ4n) is 3.15. The Morgan fingerprint density at radius 2 is 1.95 bits per heavy atom. The Morgan fingerprint density at radius 1 is 1.29 bits per heavy atom. The van der Waals surface area contributed by atoms with E-state index in [0.717, 1.165) is 36.8 Å². The van der Waals surface area contributed by atoms with Gasteiger partial charge in [0.15, 0.2) is 9.84 Å². The van der Waals surface area contributed by atoms with Gasteiger partial charge in [-0.15, -0.1) is 0 Å². The van der Waals surface area contributed by atoms with Gasteiger partial charge in [-0.1, -0.05) is 25.0 Å². The van der Waals surface area contributed by atoms with Gasteiger partial charge >= 0.3 is 5.97 Å². The van der Waals surface area contributed by atoms with Gasteiger partial charge in [-0.25, -0.2) is 8.42 Å². The topological polar surface area (TPSA) is 60.4 Å². The minimum absolute atomic E-state index is 0.267. The van der Waals surface area contributed by atoms with Crippen LogP contribution in [0.15, 0.2) is 23.1 Å². The van der Waals surface area contributed by atoms with Crippen molar-refractivity contribution in [2.45, 2.75) is 49.3 Å². The highest BCUT2D eigenvalue weighted by atomic mass is 32.2. The number of hydrogen-bond acceptors (Lipinski definition) is 4. The van der Waals surface area contributed by atoms with Gasteiger partial charge in [-0.05, 0) is 42.4 Å². The number of hydrogen-bond donors (Lipinski definition) is 0. The third-order valence-electron chi connectivity index (χ3n) is 4.15. The quantitative estimate of drug-likeness (QED) is 0.785. The van der Waals surface area contributed by atoms with Crippen LogP contribution in [0.2, 0.25) is 0 Å². The van der Waals surface area contributed by atoms with E-state index >= 15 is 0 Å². The summed E-state index contributed by atoms with van der Waals surface area (Å²) in [5.41, 5.74) is 1.90. The second-order valence-corrected chi connectivity index (χ2v) is 7.64. The Kier molecular flexibility index (Phi) is 5.04. The van der Waals surface area contributed by atoms with Crippen LogP contribution in [0.1, 0.15) is 49.1 Å². The second kappa shape index (κ2) is 6.60. The Balaban J connectivity index is 2.41. The maximum Gasteiger partial charge on any atom is 0.305 e. The number of methoxy groups -OCH3 is 1. The molecule has 0 radical (unpaired) electrons. The average Bonchev–Trinajstić information content (AvgIpc) is 2.97. The fourth-order valence-corrected chi connectivity index (χ4v) is 4.17. The van der Waals surface area contributed by atoms with Gasteiger partial charge in [0.1, 0.15) is 0 Å². The number of aryl methyl sites for hydroxylation is 1. The highest BCUT2D eigenvalue weighted by Gasteiger charge is 2.26. The van der Waals surface area contributed by atoms with Gasteiger partial charge < -0.3 is 4.74 Å². The standard InChI is InChI=1S/C16H22O4S/c1-20-15(17)11-10-13-8-5-9-14(21(2,18)19)16(13)12-6-3-4-7-12/h5,8-9,12H,3-4,6-7,10-11H2,1-2H3. The van der Waals surface area contributed by atoms with Crippen molar-refractivity contribution >= 4 is 15.8 Å². The molecule has 0 bridgehead atoms. The summed E-state index contributed by atoms with van der Waals surface area (Å²) >= 11 is 0. The van der Waals surface area contributed by atoms with E-state index in [-0.39, 0.29) is 12.4 Å². The summed E-state index contributed by atoms with van der Waals surface area (Å²) in [7, 11) is -1.89. The van der Waals surface area contributed by atoms with Crippen molar-refractivity contribution in [3.8, 4) is 0 Å². The first-order chi connectivity index (χ1) is 9.93. The molecular formula is C16H22O4S. The first kappa shape index (κ1) is 16.0. The van der Waals surface area contributed by atoms with Crippen LogP contribution >= 0.6 is 0 Å². The minimum atomic E-state index is -3.25.